The molecule has 2 rings (SSSR count). The van der Waals surface area contributed by atoms with Crippen LogP contribution in [0.5, 0.6) is 0 Å². The molecule has 0 radical (unpaired) electrons. The summed E-state index contributed by atoms with van der Waals surface area (Å²) in [6.45, 7) is 2.05. The number of hydrogen-bond donors (Lipinski definition) is 2. The van der Waals surface area contributed by atoms with Crippen molar-refractivity contribution in [1.29, 1.82) is 0 Å². The van der Waals surface area contributed by atoms with Gasteiger partial charge in [-0.1, -0.05) is 29.8 Å². The molecule has 0 aliphatic rings. The number of aryl methyl sites for hydroxylation is 1. The lowest BCUT2D eigenvalue weighted by molar-refractivity contribution is 0.224. The lowest BCUT2D eigenvalue weighted by Crippen LogP contribution is -1.96. The lowest BCUT2D eigenvalue weighted by atomic mass is 10.1. The number of hydrogen-bond acceptors (Lipinski definition) is 3. The zero-order valence-corrected chi connectivity index (χ0v) is 9.87. The standard InChI is InChI=1S/C13H14O2S/c1-9-2-4-10(5-3-9)13(15)12-7-6-11(8-14)16-12/h2-7,13-15H,8H2,1H3. The van der Waals surface area contributed by atoms with Crippen LogP contribution in [-0.2, 0) is 6.61 Å². The maximum atomic E-state index is 10.1. The van der Waals surface area contributed by atoms with Gasteiger partial charge in [-0.05, 0) is 24.6 Å². The molecule has 1 unspecified atom stereocenters. The Kier molecular flexibility index (Phi) is 3.39. The third-order valence-electron chi connectivity index (χ3n) is 2.50. The highest BCUT2D eigenvalue weighted by molar-refractivity contribution is 7.12. The highest BCUT2D eigenvalue weighted by Crippen LogP contribution is 2.28. The summed E-state index contributed by atoms with van der Waals surface area (Å²) in [4.78, 5) is 1.74. The second kappa shape index (κ2) is 4.78. The van der Waals surface area contributed by atoms with Gasteiger partial charge in [0, 0.05) is 9.75 Å². The van der Waals surface area contributed by atoms with Crippen LogP contribution in [0.3, 0.4) is 0 Å². The molecule has 0 bridgehead atoms. The Labute approximate surface area is 98.8 Å². The van der Waals surface area contributed by atoms with Gasteiger partial charge in [0.1, 0.15) is 6.10 Å². The molecule has 1 atom stereocenters. The number of thiophene rings is 1. The van der Waals surface area contributed by atoms with E-state index in [4.69, 9.17) is 5.11 Å². The largest absolute Gasteiger partial charge is 0.391 e. The van der Waals surface area contributed by atoms with E-state index in [9.17, 15) is 5.11 Å². The van der Waals surface area contributed by atoms with E-state index in [2.05, 4.69) is 0 Å². The highest BCUT2D eigenvalue weighted by atomic mass is 32.1. The average Bonchev–Trinajstić information content (AvgIpc) is 2.77. The van der Waals surface area contributed by atoms with Crippen LogP contribution in [0.1, 0.15) is 27.0 Å². The summed E-state index contributed by atoms with van der Waals surface area (Å²) in [6, 6.07) is 11.5. The summed E-state index contributed by atoms with van der Waals surface area (Å²) in [5.41, 5.74) is 2.06. The molecular formula is C13H14O2S. The van der Waals surface area contributed by atoms with Gasteiger partial charge in [0.15, 0.2) is 0 Å². The van der Waals surface area contributed by atoms with Crippen LogP contribution in [0.15, 0.2) is 36.4 Å². The first kappa shape index (κ1) is 11.3. The molecule has 0 spiro atoms. The van der Waals surface area contributed by atoms with Crippen LogP contribution in [0.2, 0.25) is 0 Å². The third-order valence-corrected chi connectivity index (χ3v) is 3.62. The van der Waals surface area contributed by atoms with Crippen molar-refractivity contribution < 1.29 is 10.2 Å². The molecule has 0 saturated carbocycles. The highest BCUT2D eigenvalue weighted by Gasteiger charge is 2.12. The van der Waals surface area contributed by atoms with Gasteiger partial charge in [-0.25, -0.2) is 0 Å². The topological polar surface area (TPSA) is 40.5 Å². The maximum absolute atomic E-state index is 10.1. The van der Waals surface area contributed by atoms with Gasteiger partial charge >= 0.3 is 0 Å². The van der Waals surface area contributed by atoms with Crippen molar-refractivity contribution in [3.63, 3.8) is 0 Å². The Morgan fingerprint density at radius 1 is 1.12 bits per heavy atom. The van der Waals surface area contributed by atoms with Gasteiger partial charge in [0.2, 0.25) is 0 Å². The predicted octanol–water partition coefficient (Wildman–Crippen LogP) is 2.63. The van der Waals surface area contributed by atoms with Crippen molar-refractivity contribution >= 4 is 11.3 Å². The minimum Gasteiger partial charge on any atom is -0.391 e. The third kappa shape index (κ3) is 2.32. The summed E-state index contributed by atoms with van der Waals surface area (Å²) < 4.78 is 0. The molecule has 0 amide bonds. The van der Waals surface area contributed by atoms with E-state index in [1.807, 2.05) is 43.3 Å². The van der Waals surface area contributed by atoms with Crippen LogP contribution in [-0.4, -0.2) is 10.2 Å². The lowest BCUT2D eigenvalue weighted by Gasteiger charge is -2.08. The quantitative estimate of drug-likeness (QED) is 0.857. The first-order valence-electron chi connectivity index (χ1n) is 5.15. The summed E-state index contributed by atoms with van der Waals surface area (Å²) >= 11 is 1.44. The summed E-state index contributed by atoms with van der Waals surface area (Å²) in [6.07, 6.45) is -0.592. The summed E-state index contributed by atoms with van der Waals surface area (Å²) in [7, 11) is 0. The summed E-state index contributed by atoms with van der Waals surface area (Å²) in [5.74, 6) is 0. The Hall–Kier alpha value is -1.16. The Morgan fingerprint density at radius 2 is 1.81 bits per heavy atom. The van der Waals surface area contributed by atoms with Crippen molar-refractivity contribution in [3.05, 3.63) is 57.3 Å². The molecule has 16 heavy (non-hydrogen) atoms. The van der Waals surface area contributed by atoms with E-state index in [1.165, 1.54) is 16.9 Å². The van der Waals surface area contributed by atoms with E-state index in [-0.39, 0.29) is 6.61 Å². The van der Waals surface area contributed by atoms with Crippen molar-refractivity contribution in [2.75, 3.05) is 0 Å². The molecule has 84 valence electrons. The second-order valence-electron chi connectivity index (χ2n) is 3.78. The van der Waals surface area contributed by atoms with Crippen molar-refractivity contribution in [1.82, 2.24) is 0 Å². The zero-order valence-electron chi connectivity index (χ0n) is 9.05. The molecule has 0 aliphatic heterocycles. The second-order valence-corrected chi connectivity index (χ2v) is 4.98. The van der Waals surface area contributed by atoms with E-state index in [0.717, 1.165) is 15.3 Å². The SMILES string of the molecule is Cc1ccc(C(O)c2ccc(CO)s2)cc1. The minimum atomic E-state index is -0.592. The number of rotatable bonds is 3. The van der Waals surface area contributed by atoms with Gasteiger partial charge < -0.3 is 10.2 Å². The molecule has 1 aromatic heterocycles. The molecule has 2 N–H and O–H groups in total. The van der Waals surface area contributed by atoms with Crippen LogP contribution in [0, 0.1) is 6.92 Å². The Balaban J connectivity index is 2.24. The van der Waals surface area contributed by atoms with Crippen LogP contribution in [0.25, 0.3) is 0 Å². The smallest absolute Gasteiger partial charge is 0.113 e. The van der Waals surface area contributed by atoms with Crippen LogP contribution in [0.4, 0.5) is 0 Å². The molecule has 1 aromatic carbocycles. The zero-order chi connectivity index (χ0) is 11.5. The Bertz CT molecular complexity index is 459. The van der Waals surface area contributed by atoms with E-state index >= 15 is 0 Å². The number of aliphatic hydroxyl groups excluding tert-OH is 2. The Morgan fingerprint density at radius 3 is 2.38 bits per heavy atom. The fourth-order valence-corrected chi connectivity index (χ4v) is 2.43. The average molecular weight is 234 g/mol. The van der Waals surface area contributed by atoms with Gasteiger partial charge in [0.05, 0.1) is 6.61 Å². The summed E-state index contributed by atoms with van der Waals surface area (Å²) in [5, 5.41) is 19.1. The molecule has 2 aromatic rings. The molecular weight excluding hydrogens is 220 g/mol. The molecule has 3 heteroatoms. The first-order valence-corrected chi connectivity index (χ1v) is 5.96. The van der Waals surface area contributed by atoms with Gasteiger partial charge in [-0.15, -0.1) is 11.3 Å². The maximum Gasteiger partial charge on any atom is 0.113 e. The normalized spacial score (nSPS) is 12.7. The monoisotopic (exact) mass is 234 g/mol. The molecule has 0 saturated heterocycles. The number of aliphatic hydroxyl groups is 2. The van der Waals surface area contributed by atoms with Gasteiger partial charge in [0.25, 0.3) is 0 Å². The fraction of sp³-hybridized carbons (Fsp3) is 0.231. The van der Waals surface area contributed by atoms with Gasteiger partial charge in [-0.3, -0.25) is 0 Å². The molecule has 0 aliphatic carbocycles. The van der Waals surface area contributed by atoms with E-state index in [1.54, 1.807) is 0 Å². The van der Waals surface area contributed by atoms with Gasteiger partial charge in [-0.2, -0.15) is 0 Å². The van der Waals surface area contributed by atoms with Crippen molar-refractivity contribution in [2.24, 2.45) is 0 Å². The fourth-order valence-electron chi connectivity index (χ4n) is 1.54. The van der Waals surface area contributed by atoms with E-state index in [0.29, 0.717) is 0 Å². The minimum absolute atomic E-state index is 0.0330. The van der Waals surface area contributed by atoms with Crippen LogP contribution < -0.4 is 0 Å². The van der Waals surface area contributed by atoms with Crippen molar-refractivity contribution in [2.45, 2.75) is 19.6 Å². The molecule has 2 nitrogen and oxygen atoms in total. The first-order chi connectivity index (χ1) is 7.70. The van der Waals surface area contributed by atoms with E-state index < -0.39 is 6.10 Å². The molecule has 0 fully saturated rings. The number of benzene rings is 1. The molecule has 1 heterocycles. The van der Waals surface area contributed by atoms with Crippen molar-refractivity contribution in [3.8, 4) is 0 Å². The van der Waals surface area contributed by atoms with Crippen LogP contribution >= 0.6 is 11.3 Å². The predicted molar refractivity (Wildman–Crippen MR) is 65.5 cm³/mol.